The van der Waals surface area contributed by atoms with Gasteiger partial charge in [-0.3, -0.25) is 9.88 Å². The minimum absolute atomic E-state index is 0.272. The van der Waals surface area contributed by atoms with E-state index >= 15 is 0 Å². The largest absolute Gasteiger partial charge is 0.415 e. The maximum Gasteiger partial charge on any atom is 0.415 e. The molecule has 0 spiro atoms. The lowest BCUT2D eigenvalue weighted by molar-refractivity contribution is 0.111. The van der Waals surface area contributed by atoms with Crippen LogP contribution in [-0.2, 0) is 12.8 Å². The fourth-order valence-electron chi connectivity index (χ4n) is 3.65. The molecule has 4 rings (SSSR count). The first kappa shape index (κ1) is 22.4. The van der Waals surface area contributed by atoms with Gasteiger partial charge in [0.15, 0.2) is 5.16 Å². The summed E-state index contributed by atoms with van der Waals surface area (Å²) in [6.45, 7) is 6.05. The highest BCUT2D eigenvalue weighted by Gasteiger charge is 2.22. The Morgan fingerprint density at radius 2 is 1.91 bits per heavy atom. The molecule has 1 aliphatic rings. The van der Waals surface area contributed by atoms with E-state index in [2.05, 4.69) is 32.0 Å². The van der Waals surface area contributed by atoms with Gasteiger partial charge < -0.3 is 14.6 Å². The van der Waals surface area contributed by atoms with Crippen LogP contribution in [0.2, 0.25) is 0 Å². The van der Waals surface area contributed by atoms with E-state index in [1.54, 1.807) is 22.9 Å². The van der Waals surface area contributed by atoms with E-state index in [1.807, 2.05) is 43.5 Å². The Hall–Kier alpha value is -2.84. The number of aromatic amines is 1. The number of carbonyl (C=O) groups is 1. The van der Waals surface area contributed by atoms with Crippen LogP contribution in [0.25, 0.3) is 0 Å². The minimum Gasteiger partial charge on any atom is -0.410 e. The Balaban J connectivity index is 1.16. The van der Waals surface area contributed by atoms with Crippen LogP contribution in [0.4, 0.5) is 4.79 Å². The van der Waals surface area contributed by atoms with Crippen LogP contribution >= 0.6 is 11.8 Å². The number of piperazine rings is 1. The summed E-state index contributed by atoms with van der Waals surface area (Å²) in [5, 5.41) is 0.933. The Bertz CT molecular complexity index is 986. The normalized spacial score (nSPS) is 14.5. The number of hydrogen-bond acceptors (Lipinski definition) is 6. The summed E-state index contributed by atoms with van der Waals surface area (Å²) < 4.78 is 5.59. The van der Waals surface area contributed by atoms with Gasteiger partial charge in [-0.05, 0) is 43.2 Å². The number of imidazole rings is 1. The topological polar surface area (TPSA) is 74.3 Å². The predicted molar refractivity (Wildman–Crippen MR) is 126 cm³/mol. The fraction of sp³-hybridized carbons (Fsp3) is 0.375. The molecule has 1 fully saturated rings. The zero-order valence-electron chi connectivity index (χ0n) is 18.4. The quantitative estimate of drug-likeness (QED) is 0.525. The van der Waals surface area contributed by atoms with Crippen molar-refractivity contribution in [2.24, 2.45) is 0 Å². The number of aryl methyl sites for hydroxylation is 2. The van der Waals surface area contributed by atoms with Gasteiger partial charge in [0.2, 0.25) is 0 Å². The number of carbonyl (C=O) groups excluding carboxylic acids is 1. The molecule has 168 valence electrons. The predicted octanol–water partition coefficient (Wildman–Crippen LogP) is 3.81. The number of pyridine rings is 1. The summed E-state index contributed by atoms with van der Waals surface area (Å²) in [6, 6.07) is 13.9. The molecule has 3 aromatic rings. The Kier molecular flexibility index (Phi) is 7.79. The molecule has 0 atom stereocenters. The van der Waals surface area contributed by atoms with Gasteiger partial charge in [-0.15, -0.1) is 0 Å². The molecule has 0 aliphatic carbocycles. The second-order valence-electron chi connectivity index (χ2n) is 7.85. The first-order chi connectivity index (χ1) is 15.7. The van der Waals surface area contributed by atoms with Crippen molar-refractivity contribution in [3.05, 3.63) is 71.8 Å². The van der Waals surface area contributed by atoms with E-state index in [-0.39, 0.29) is 6.09 Å². The number of nitrogens with one attached hydrogen (secondary N) is 1. The fourth-order valence-corrected chi connectivity index (χ4v) is 4.47. The van der Waals surface area contributed by atoms with Gasteiger partial charge in [-0.2, -0.15) is 0 Å². The lowest BCUT2D eigenvalue weighted by Gasteiger charge is -2.33. The zero-order chi connectivity index (χ0) is 22.2. The third kappa shape index (κ3) is 6.58. The second-order valence-corrected chi connectivity index (χ2v) is 8.94. The molecule has 0 radical (unpaired) electrons. The van der Waals surface area contributed by atoms with Gasteiger partial charge in [-0.25, -0.2) is 9.78 Å². The molecule has 0 bridgehead atoms. The highest BCUT2D eigenvalue weighted by molar-refractivity contribution is 7.99. The van der Waals surface area contributed by atoms with Crippen LogP contribution in [-0.4, -0.2) is 69.3 Å². The lowest BCUT2D eigenvalue weighted by Crippen LogP contribution is -2.49. The number of aromatic nitrogens is 3. The first-order valence-corrected chi connectivity index (χ1v) is 12.0. The van der Waals surface area contributed by atoms with E-state index in [9.17, 15) is 4.79 Å². The van der Waals surface area contributed by atoms with Gasteiger partial charge in [0.1, 0.15) is 5.75 Å². The molecule has 0 unspecified atom stereocenters. The Labute approximate surface area is 193 Å². The van der Waals surface area contributed by atoms with E-state index < -0.39 is 0 Å². The minimum atomic E-state index is -0.272. The SMILES string of the molecule is Cc1cccc(CCN2CCN(C(=O)Oc3ccc(CCSc4ncc[nH]4)cc3)CC2)n1. The van der Waals surface area contributed by atoms with Crippen molar-refractivity contribution in [1.29, 1.82) is 0 Å². The Morgan fingerprint density at radius 1 is 1.09 bits per heavy atom. The van der Waals surface area contributed by atoms with Crippen molar-refractivity contribution in [3.63, 3.8) is 0 Å². The molecule has 32 heavy (non-hydrogen) atoms. The smallest absolute Gasteiger partial charge is 0.410 e. The third-order valence-corrected chi connectivity index (χ3v) is 6.40. The molecule has 8 heteroatoms. The summed E-state index contributed by atoms with van der Waals surface area (Å²) in [5.74, 6) is 1.53. The molecule has 1 aromatic carbocycles. The van der Waals surface area contributed by atoms with Crippen molar-refractivity contribution < 1.29 is 9.53 Å². The van der Waals surface area contributed by atoms with Crippen molar-refractivity contribution in [2.45, 2.75) is 24.9 Å². The van der Waals surface area contributed by atoms with Crippen LogP contribution in [0.15, 0.2) is 60.0 Å². The number of amides is 1. The monoisotopic (exact) mass is 451 g/mol. The van der Waals surface area contributed by atoms with Crippen molar-refractivity contribution in [1.82, 2.24) is 24.8 Å². The molecule has 1 N–H and O–H groups in total. The first-order valence-electron chi connectivity index (χ1n) is 11.0. The van der Waals surface area contributed by atoms with Crippen LogP contribution in [0, 0.1) is 6.92 Å². The molecule has 7 nitrogen and oxygen atoms in total. The van der Waals surface area contributed by atoms with E-state index in [4.69, 9.17) is 4.74 Å². The number of H-pyrrole nitrogens is 1. The standard InChI is InChI=1S/C24H29N5O2S/c1-19-3-2-4-21(27-19)9-13-28-14-16-29(17-15-28)24(30)31-22-7-5-20(6-8-22)10-18-32-23-25-11-12-26-23/h2-8,11-12H,9-10,13-18H2,1H3,(H,25,26). The van der Waals surface area contributed by atoms with Gasteiger partial charge in [0.25, 0.3) is 0 Å². The van der Waals surface area contributed by atoms with Crippen molar-refractivity contribution in [3.8, 4) is 5.75 Å². The summed E-state index contributed by atoms with van der Waals surface area (Å²) in [4.78, 5) is 28.6. The molecule has 1 saturated heterocycles. The highest BCUT2D eigenvalue weighted by atomic mass is 32.2. The molecule has 1 aliphatic heterocycles. The number of hydrogen-bond donors (Lipinski definition) is 1. The molecular formula is C24H29N5O2S. The molecule has 1 amide bonds. The molecule has 3 heterocycles. The van der Waals surface area contributed by atoms with Crippen molar-refractivity contribution in [2.75, 3.05) is 38.5 Å². The van der Waals surface area contributed by atoms with Gasteiger partial charge in [0.05, 0.1) is 0 Å². The number of nitrogens with zero attached hydrogens (tertiary/aromatic N) is 4. The average Bonchev–Trinajstić information content (AvgIpc) is 3.33. The van der Waals surface area contributed by atoms with Crippen molar-refractivity contribution >= 4 is 17.9 Å². The van der Waals surface area contributed by atoms with Gasteiger partial charge >= 0.3 is 6.09 Å². The molecule has 0 saturated carbocycles. The summed E-state index contributed by atoms with van der Waals surface area (Å²) in [7, 11) is 0. The van der Waals surface area contributed by atoms with Crippen LogP contribution in [0.3, 0.4) is 0 Å². The van der Waals surface area contributed by atoms with E-state index in [0.29, 0.717) is 18.8 Å². The average molecular weight is 452 g/mol. The van der Waals surface area contributed by atoms with Crippen LogP contribution in [0.5, 0.6) is 5.75 Å². The second kappa shape index (κ2) is 11.2. The van der Waals surface area contributed by atoms with Crippen LogP contribution < -0.4 is 4.74 Å². The maximum atomic E-state index is 12.5. The number of ether oxygens (including phenoxy) is 1. The third-order valence-electron chi connectivity index (χ3n) is 5.49. The number of benzene rings is 1. The number of thioether (sulfide) groups is 1. The number of rotatable bonds is 8. The lowest BCUT2D eigenvalue weighted by atomic mass is 10.2. The van der Waals surface area contributed by atoms with E-state index in [1.165, 1.54) is 5.56 Å². The molecular weight excluding hydrogens is 422 g/mol. The summed E-state index contributed by atoms with van der Waals surface area (Å²) >= 11 is 1.69. The Morgan fingerprint density at radius 3 is 2.62 bits per heavy atom. The van der Waals surface area contributed by atoms with Gasteiger partial charge in [-0.1, -0.05) is 30.0 Å². The highest BCUT2D eigenvalue weighted by Crippen LogP contribution is 2.18. The van der Waals surface area contributed by atoms with Gasteiger partial charge in [0, 0.05) is 68.7 Å². The summed E-state index contributed by atoms with van der Waals surface area (Å²) in [5.41, 5.74) is 3.38. The van der Waals surface area contributed by atoms with Crippen LogP contribution in [0.1, 0.15) is 17.0 Å². The molecule has 2 aromatic heterocycles. The van der Waals surface area contributed by atoms with E-state index in [0.717, 1.165) is 54.8 Å². The zero-order valence-corrected chi connectivity index (χ0v) is 19.2. The maximum absolute atomic E-state index is 12.5. The summed E-state index contributed by atoms with van der Waals surface area (Å²) in [6.07, 6.45) is 5.17.